The van der Waals surface area contributed by atoms with Crippen LogP contribution in [0.1, 0.15) is 32.3 Å². The highest BCUT2D eigenvalue weighted by molar-refractivity contribution is 5.79. The zero-order valence-electron chi connectivity index (χ0n) is 12.4. The maximum Gasteiger partial charge on any atom is 0.326 e. The van der Waals surface area contributed by atoms with Crippen LogP contribution in [0, 0.1) is 22.5 Å². The van der Waals surface area contributed by atoms with Gasteiger partial charge in [0, 0.05) is 12.1 Å². The lowest BCUT2D eigenvalue weighted by molar-refractivity contribution is -0.385. The van der Waals surface area contributed by atoms with Crippen molar-refractivity contribution in [2.75, 3.05) is 11.4 Å². The summed E-state index contributed by atoms with van der Waals surface area (Å²) in [6.07, 6.45) is 2.89. The fraction of sp³-hybridized carbons (Fsp3) is 0.571. The highest BCUT2D eigenvalue weighted by Crippen LogP contribution is 2.37. The lowest BCUT2D eigenvalue weighted by Crippen LogP contribution is -2.54. The van der Waals surface area contributed by atoms with E-state index in [4.69, 9.17) is 0 Å². The number of hydrogen-bond donors (Lipinski definition) is 1. The zero-order chi connectivity index (χ0) is 15.8. The van der Waals surface area contributed by atoms with Crippen LogP contribution >= 0.6 is 0 Å². The predicted octanol–water partition coefficient (Wildman–Crippen LogP) is 2.38. The van der Waals surface area contributed by atoms with Crippen molar-refractivity contribution in [3.63, 3.8) is 0 Å². The summed E-state index contributed by atoms with van der Waals surface area (Å²) in [4.78, 5) is 27.8. The molecule has 0 amide bonds. The molecule has 0 aromatic carbocycles. The van der Waals surface area contributed by atoms with Gasteiger partial charge in [0.25, 0.3) is 5.69 Å². The Hall–Kier alpha value is -2.18. The molecule has 7 nitrogen and oxygen atoms in total. The third kappa shape index (κ3) is 2.81. The van der Waals surface area contributed by atoms with Gasteiger partial charge in [0.1, 0.15) is 18.1 Å². The summed E-state index contributed by atoms with van der Waals surface area (Å²) in [5.41, 5.74) is 0.0564. The van der Waals surface area contributed by atoms with Crippen LogP contribution in [-0.4, -0.2) is 33.6 Å². The average Bonchev–Trinajstić information content (AvgIpc) is 2.36. The Morgan fingerprint density at radius 3 is 2.76 bits per heavy atom. The molecule has 0 saturated carbocycles. The largest absolute Gasteiger partial charge is 0.480 e. The van der Waals surface area contributed by atoms with Crippen molar-refractivity contribution in [1.29, 1.82) is 0 Å². The number of aliphatic carboxylic acids is 1. The van der Waals surface area contributed by atoms with Crippen LogP contribution in [0.2, 0.25) is 0 Å². The number of carboxylic acid groups (broad SMARTS) is 1. The van der Waals surface area contributed by atoms with E-state index in [9.17, 15) is 20.0 Å². The standard InChI is InChI=1S/C14H19N3O4/c1-9-7-11(15-8-10(9)17(20)21)16-6-4-5-14(2,3)12(16)13(18)19/h7-8,12H,4-6H2,1-3H3,(H,18,19). The van der Waals surface area contributed by atoms with Crippen molar-refractivity contribution in [3.8, 4) is 0 Å². The lowest BCUT2D eigenvalue weighted by atomic mass is 9.76. The first-order valence-corrected chi connectivity index (χ1v) is 6.84. The van der Waals surface area contributed by atoms with E-state index in [1.54, 1.807) is 17.9 Å². The maximum atomic E-state index is 11.6. The minimum Gasteiger partial charge on any atom is -0.480 e. The fourth-order valence-corrected chi connectivity index (χ4v) is 2.99. The molecule has 1 aromatic heterocycles. The van der Waals surface area contributed by atoms with Gasteiger partial charge in [-0.15, -0.1) is 0 Å². The van der Waals surface area contributed by atoms with Crippen molar-refractivity contribution in [2.45, 2.75) is 39.7 Å². The topological polar surface area (TPSA) is 96.6 Å². The molecule has 0 radical (unpaired) electrons. The predicted molar refractivity (Wildman–Crippen MR) is 77.4 cm³/mol. The first kappa shape index (κ1) is 15.2. The Bertz CT molecular complexity index is 586. The Morgan fingerprint density at radius 2 is 2.24 bits per heavy atom. The normalized spacial score (nSPS) is 21.1. The third-order valence-corrected chi connectivity index (χ3v) is 4.07. The van der Waals surface area contributed by atoms with Gasteiger partial charge in [0.2, 0.25) is 0 Å². The fourth-order valence-electron chi connectivity index (χ4n) is 2.99. The van der Waals surface area contributed by atoms with Gasteiger partial charge in [0.15, 0.2) is 0 Å². The SMILES string of the molecule is Cc1cc(N2CCCC(C)(C)C2C(=O)O)ncc1[N+](=O)[O-]. The van der Waals surface area contributed by atoms with Gasteiger partial charge in [-0.05, 0) is 31.2 Å². The van der Waals surface area contributed by atoms with Gasteiger partial charge in [0.05, 0.1) is 4.92 Å². The van der Waals surface area contributed by atoms with Crippen molar-refractivity contribution < 1.29 is 14.8 Å². The van der Waals surface area contributed by atoms with E-state index >= 15 is 0 Å². The average molecular weight is 293 g/mol. The van der Waals surface area contributed by atoms with Crippen LogP contribution in [0.4, 0.5) is 11.5 Å². The Morgan fingerprint density at radius 1 is 1.57 bits per heavy atom. The molecule has 1 unspecified atom stereocenters. The van der Waals surface area contributed by atoms with Crippen molar-refractivity contribution in [3.05, 3.63) is 27.9 Å². The summed E-state index contributed by atoms with van der Waals surface area (Å²) in [6.45, 7) is 6.07. The number of carboxylic acids is 1. The second-order valence-electron chi connectivity index (χ2n) is 6.11. The molecule has 2 heterocycles. The number of hydrogen-bond acceptors (Lipinski definition) is 5. The molecule has 0 spiro atoms. The smallest absolute Gasteiger partial charge is 0.326 e. The number of piperidine rings is 1. The molecule has 1 atom stereocenters. The number of nitro groups is 1. The summed E-state index contributed by atoms with van der Waals surface area (Å²) in [5.74, 6) is -0.407. The molecule has 1 aliphatic rings. The van der Waals surface area contributed by atoms with E-state index in [0.29, 0.717) is 17.9 Å². The van der Waals surface area contributed by atoms with Crippen LogP contribution in [-0.2, 0) is 4.79 Å². The number of aryl methyl sites for hydroxylation is 1. The molecule has 7 heteroatoms. The van der Waals surface area contributed by atoms with Gasteiger partial charge in [-0.25, -0.2) is 9.78 Å². The Balaban J connectivity index is 2.41. The van der Waals surface area contributed by atoms with E-state index in [2.05, 4.69) is 4.98 Å². The highest BCUT2D eigenvalue weighted by Gasteiger charge is 2.43. The van der Waals surface area contributed by atoms with Crippen molar-refractivity contribution in [2.24, 2.45) is 5.41 Å². The molecule has 21 heavy (non-hydrogen) atoms. The van der Waals surface area contributed by atoms with Gasteiger partial charge in [-0.3, -0.25) is 10.1 Å². The number of pyridine rings is 1. The van der Waals surface area contributed by atoms with E-state index in [1.807, 2.05) is 13.8 Å². The van der Waals surface area contributed by atoms with Gasteiger partial charge in [-0.2, -0.15) is 0 Å². The molecule has 1 saturated heterocycles. The number of nitrogens with zero attached hydrogens (tertiary/aromatic N) is 3. The molecule has 1 aliphatic heterocycles. The first-order chi connectivity index (χ1) is 9.74. The molecular formula is C14H19N3O4. The quantitative estimate of drug-likeness (QED) is 0.679. The van der Waals surface area contributed by atoms with E-state index in [0.717, 1.165) is 12.8 Å². The zero-order valence-corrected chi connectivity index (χ0v) is 12.4. The summed E-state index contributed by atoms with van der Waals surface area (Å²) in [5, 5.41) is 20.4. The second-order valence-corrected chi connectivity index (χ2v) is 6.11. The minimum atomic E-state index is -0.891. The number of rotatable bonds is 3. The summed E-state index contributed by atoms with van der Waals surface area (Å²) >= 11 is 0. The van der Waals surface area contributed by atoms with Crippen molar-refractivity contribution in [1.82, 2.24) is 4.98 Å². The van der Waals surface area contributed by atoms with Crippen LogP contribution in [0.3, 0.4) is 0 Å². The maximum absolute atomic E-state index is 11.6. The van der Waals surface area contributed by atoms with Crippen LogP contribution in [0.25, 0.3) is 0 Å². The van der Waals surface area contributed by atoms with Gasteiger partial charge in [-0.1, -0.05) is 13.8 Å². The molecule has 1 aromatic rings. The van der Waals surface area contributed by atoms with Crippen LogP contribution in [0.5, 0.6) is 0 Å². The number of carbonyl (C=O) groups is 1. The van der Waals surface area contributed by atoms with E-state index in [1.165, 1.54) is 6.20 Å². The van der Waals surface area contributed by atoms with Crippen LogP contribution < -0.4 is 4.90 Å². The van der Waals surface area contributed by atoms with Crippen LogP contribution in [0.15, 0.2) is 12.3 Å². The summed E-state index contributed by atoms with van der Waals surface area (Å²) in [7, 11) is 0. The summed E-state index contributed by atoms with van der Waals surface area (Å²) < 4.78 is 0. The minimum absolute atomic E-state index is 0.0538. The molecule has 2 rings (SSSR count). The first-order valence-electron chi connectivity index (χ1n) is 6.84. The monoisotopic (exact) mass is 293 g/mol. The van der Waals surface area contributed by atoms with Gasteiger partial charge < -0.3 is 10.0 Å². The van der Waals surface area contributed by atoms with Gasteiger partial charge >= 0.3 is 5.97 Å². The molecule has 1 N–H and O–H groups in total. The number of anilines is 1. The number of aromatic nitrogens is 1. The second kappa shape index (κ2) is 5.31. The summed E-state index contributed by atoms with van der Waals surface area (Å²) in [6, 6.07) is 0.912. The van der Waals surface area contributed by atoms with E-state index in [-0.39, 0.29) is 11.1 Å². The van der Waals surface area contributed by atoms with Crippen molar-refractivity contribution >= 4 is 17.5 Å². The molecular weight excluding hydrogens is 274 g/mol. The Kier molecular flexibility index (Phi) is 3.85. The molecule has 0 bridgehead atoms. The molecule has 0 aliphatic carbocycles. The lowest BCUT2D eigenvalue weighted by Gasteiger charge is -2.44. The molecule has 1 fully saturated rings. The highest BCUT2D eigenvalue weighted by atomic mass is 16.6. The molecule has 114 valence electrons. The third-order valence-electron chi connectivity index (χ3n) is 4.07. The van der Waals surface area contributed by atoms with E-state index < -0.39 is 16.9 Å². The Labute approximate surface area is 122 Å².